The molecule has 0 saturated heterocycles. The van der Waals surface area contributed by atoms with Gasteiger partial charge in [0.2, 0.25) is 5.89 Å². The number of hydrogen-bond acceptors (Lipinski definition) is 6. The third-order valence-corrected chi connectivity index (χ3v) is 4.05. The van der Waals surface area contributed by atoms with Crippen LogP contribution in [0.1, 0.15) is 50.1 Å². The molecule has 1 N–H and O–H groups in total. The molecule has 142 valence electrons. The molecule has 3 aromatic rings. The number of carbonyl (C=O) groups is 1. The summed E-state index contributed by atoms with van der Waals surface area (Å²) < 4.78 is 10.6. The van der Waals surface area contributed by atoms with Crippen molar-refractivity contribution in [3.63, 3.8) is 0 Å². The smallest absolute Gasteiger partial charge is 0.318 e. The zero-order chi connectivity index (χ0) is 19.4. The van der Waals surface area contributed by atoms with E-state index in [0.717, 1.165) is 5.56 Å². The van der Waals surface area contributed by atoms with Crippen LogP contribution in [0.3, 0.4) is 0 Å². The molecule has 1 aromatic carbocycles. The van der Waals surface area contributed by atoms with Crippen molar-refractivity contribution in [3.05, 3.63) is 53.8 Å². The predicted molar refractivity (Wildman–Crippen MR) is 98.7 cm³/mol. The van der Waals surface area contributed by atoms with E-state index in [2.05, 4.69) is 20.6 Å². The first-order chi connectivity index (χ1) is 12.9. The highest BCUT2D eigenvalue weighted by Crippen LogP contribution is 2.20. The van der Waals surface area contributed by atoms with Gasteiger partial charge in [-0.1, -0.05) is 54.5 Å². The molecule has 0 bridgehead atoms. The molecular formula is C19H23N5O3. The molecule has 2 aromatic heterocycles. The van der Waals surface area contributed by atoms with Gasteiger partial charge in [0.1, 0.15) is 11.7 Å². The summed E-state index contributed by atoms with van der Waals surface area (Å²) >= 11 is 0. The van der Waals surface area contributed by atoms with Gasteiger partial charge in [-0.2, -0.15) is 4.98 Å². The number of hydrogen-bond donors (Lipinski definition) is 1. The molecule has 2 amide bonds. The van der Waals surface area contributed by atoms with Gasteiger partial charge in [0.25, 0.3) is 0 Å². The Morgan fingerprint density at radius 3 is 2.56 bits per heavy atom. The maximum absolute atomic E-state index is 12.4. The molecule has 3 rings (SSSR count). The van der Waals surface area contributed by atoms with Gasteiger partial charge in [-0.05, 0) is 6.92 Å². The summed E-state index contributed by atoms with van der Waals surface area (Å²) in [6.07, 6.45) is 0. The summed E-state index contributed by atoms with van der Waals surface area (Å²) in [4.78, 5) is 18.2. The van der Waals surface area contributed by atoms with Crippen molar-refractivity contribution in [2.75, 3.05) is 7.05 Å². The first kappa shape index (κ1) is 18.6. The van der Waals surface area contributed by atoms with Crippen molar-refractivity contribution in [2.45, 2.75) is 39.3 Å². The maximum Gasteiger partial charge on any atom is 0.318 e. The Balaban J connectivity index is 1.58. The van der Waals surface area contributed by atoms with E-state index < -0.39 is 6.04 Å². The van der Waals surface area contributed by atoms with Crippen molar-refractivity contribution in [1.82, 2.24) is 25.5 Å². The van der Waals surface area contributed by atoms with Crippen LogP contribution in [0.4, 0.5) is 4.79 Å². The molecule has 0 saturated carbocycles. The molecule has 0 aliphatic carbocycles. The van der Waals surface area contributed by atoms with Crippen LogP contribution in [0, 0.1) is 0 Å². The van der Waals surface area contributed by atoms with Gasteiger partial charge in [0.05, 0.1) is 6.54 Å². The van der Waals surface area contributed by atoms with E-state index in [0.29, 0.717) is 29.7 Å². The highest BCUT2D eigenvalue weighted by molar-refractivity contribution is 5.74. The number of urea groups is 1. The zero-order valence-electron chi connectivity index (χ0n) is 15.8. The Morgan fingerprint density at radius 1 is 1.15 bits per heavy atom. The molecular weight excluding hydrogens is 346 g/mol. The van der Waals surface area contributed by atoms with E-state index in [4.69, 9.17) is 9.05 Å². The van der Waals surface area contributed by atoms with Crippen LogP contribution in [-0.4, -0.2) is 33.3 Å². The Hall–Kier alpha value is -3.16. The van der Waals surface area contributed by atoms with E-state index >= 15 is 0 Å². The minimum atomic E-state index is -0.392. The summed E-state index contributed by atoms with van der Waals surface area (Å²) in [6.45, 7) is 6.07. The largest absolute Gasteiger partial charge is 0.356 e. The second-order valence-electron chi connectivity index (χ2n) is 6.72. The summed E-state index contributed by atoms with van der Waals surface area (Å²) in [6, 6.07) is 10.9. The third-order valence-electron chi connectivity index (χ3n) is 4.05. The Labute approximate surface area is 157 Å². The van der Waals surface area contributed by atoms with Crippen LogP contribution in [-0.2, 0) is 6.54 Å². The lowest BCUT2D eigenvalue weighted by molar-refractivity contribution is 0.199. The number of nitrogens with zero attached hydrogens (tertiary/aromatic N) is 4. The fourth-order valence-corrected chi connectivity index (χ4v) is 2.45. The van der Waals surface area contributed by atoms with Crippen molar-refractivity contribution in [3.8, 4) is 11.3 Å². The summed E-state index contributed by atoms with van der Waals surface area (Å²) in [5.74, 6) is 1.84. The lowest BCUT2D eigenvalue weighted by Gasteiger charge is -2.18. The number of benzene rings is 1. The third kappa shape index (κ3) is 4.52. The second kappa shape index (κ2) is 8.03. The number of carbonyl (C=O) groups excluding carboxylic acids is 1. The van der Waals surface area contributed by atoms with Gasteiger partial charge in [-0.25, -0.2) is 4.79 Å². The predicted octanol–water partition coefficient (Wildman–Crippen LogP) is 3.75. The summed E-state index contributed by atoms with van der Waals surface area (Å²) in [5.41, 5.74) is 1.60. The highest BCUT2D eigenvalue weighted by Gasteiger charge is 2.20. The summed E-state index contributed by atoms with van der Waals surface area (Å²) in [5, 5.41) is 10.8. The molecule has 0 aliphatic heterocycles. The molecule has 27 heavy (non-hydrogen) atoms. The Kier molecular flexibility index (Phi) is 5.54. The van der Waals surface area contributed by atoms with Gasteiger partial charge in [0, 0.05) is 24.6 Å². The molecule has 1 unspecified atom stereocenters. The molecule has 0 fully saturated rings. The van der Waals surface area contributed by atoms with Crippen LogP contribution in [0.5, 0.6) is 0 Å². The SMILES string of the molecule is CC(C)c1noc(C(C)NC(=O)N(C)Cc2cc(-c3ccccc3)on2)n1. The lowest BCUT2D eigenvalue weighted by Crippen LogP contribution is -2.38. The highest BCUT2D eigenvalue weighted by atomic mass is 16.5. The van der Waals surface area contributed by atoms with E-state index in [9.17, 15) is 4.79 Å². The molecule has 8 nitrogen and oxygen atoms in total. The normalized spacial score (nSPS) is 12.2. The first-order valence-corrected chi connectivity index (χ1v) is 8.80. The van der Waals surface area contributed by atoms with Gasteiger partial charge in [0.15, 0.2) is 11.6 Å². The Morgan fingerprint density at radius 2 is 1.89 bits per heavy atom. The average molecular weight is 369 g/mol. The van der Waals surface area contributed by atoms with E-state index in [-0.39, 0.29) is 11.9 Å². The summed E-state index contributed by atoms with van der Waals surface area (Å²) in [7, 11) is 1.69. The molecule has 0 spiro atoms. The lowest BCUT2D eigenvalue weighted by atomic mass is 10.1. The Bertz CT molecular complexity index is 888. The van der Waals surface area contributed by atoms with Crippen LogP contribution in [0.2, 0.25) is 0 Å². The molecule has 8 heteroatoms. The van der Waals surface area contributed by atoms with Crippen LogP contribution in [0.15, 0.2) is 45.4 Å². The van der Waals surface area contributed by atoms with Crippen LogP contribution in [0.25, 0.3) is 11.3 Å². The average Bonchev–Trinajstić information content (AvgIpc) is 3.32. The second-order valence-corrected chi connectivity index (χ2v) is 6.72. The number of nitrogens with one attached hydrogen (secondary N) is 1. The van der Waals surface area contributed by atoms with Gasteiger partial charge in [-0.3, -0.25) is 0 Å². The van der Waals surface area contributed by atoms with E-state index in [1.165, 1.54) is 4.90 Å². The molecule has 0 radical (unpaired) electrons. The van der Waals surface area contributed by atoms with Crippen molar-refractivity contribution >= 4 is 6.03 Å². The van der Waals surface area contributed by atoms with Crippen LogP contribution >= 0.6 is 0 Å². The van der Waals surface area contributed by atoms with Crippen molar-refractivity contribution < 1.29 is 13.8 Å². The topological polar surface area (TPSA) is 97.3 Å². The maximum atomic E-state index is 12.4. The molecule has 0 aliphatic rings. The standard InChI is InChI=1S/C19H23N5O3/c1-12(2)17-21-18(27-23-17)13(3)20-19(25)24(4)11-15-10-16(26-22-15)14-8-6-5-7-9-14/h5-10,12-13H,11H2,1-4H3,(H,20,25). The zero-order valence-corrected chi connectivity index (χ0v) is 15.8. The van der Waals surface area contributed by atoms with Crippen molar-refractivity contribution in [2.24, 2.45) is 0 Å². The number of rotatable bonds is 6. The van der Waals surface area contributed by atoms with Crippen LogP contribution < -0.4 is 5.32 Å². The quantitative estimate of drug-likeness (QED) is 0.711. The monoisotopic (exact) mass is 369 g/mol. The van der Waals surface area contributed by atoms with Gasteiger partial charge < -0.3 is 19.3 Å². The van der Waals surface area contributed by atoms with E-state index in [1.807, 2.05) is 50.2 Å². The van der Waals surface area contributed by atoms with Crippen molar-refractivity contribution in [1.29, 1.82) is 0 Å². The van der Waals surface area contributed by atoms with E-state index in [1.54, 1.807) is 14.0 Å². The number of aromatic nitrogens is 3. The molecule has 2 heterocycles. The fraction of sp³-hybridized carbons (Fsp3) is 0.368. The first-order valence-electron chi connectivity index (χ1n) is 8.80. The fourth-order valence-electron chi connectivity index (χ4n) is 2.45. The number of amides is 2. The molecule has 1 atom stereocenters. The van der Waals surface area contributed by atoms with Gasteiger partial charge >= 0.3 is 6.03 Å². The minimum absolute atomic E-state index is 0.166. The minimum Gasteiger partial charge on any atom is -0.356 e. The van der Waals surface area contributed by atoms with Gasteiger partial charge in [-0.15, -0.1) is 0 Å².